The summed E-state index contributed by atoms with van der Waals surface area (Å²) in [6.45, 7) is 11.0. The first kappa shape index (κ1) is 16.7. The van der Waals surface area contributed by atoms with Gasteiger partial charge >= 0.3 is 0 Å². The van der Waals surface area contributed by atoms with Crippen molar-refractivity contribution >= 4 is 5.91 Å². The summed E-state index contributed by atoms with van der Waals surface area (Å²) >= 11 is 0. The van der Waals surface area contributed by atoms with Crippen molar-refractivity contribution in [2.45, 2.75) is 52.9 Å². The molecule has 0 unspecified atom stereocenters. The maximum atomic E-state index is 11.9. The molecule has 0 aromatic carbocycles. The number of aromatic nitrogens is 2. The van der Waals surface area contributed by atoms with Crippen LogP contribution in [0.25, 0.3) is 0 Å². The Kier molecular flexibility index (Phi) is 5.34. The van der Waals surface area contributed by atoms with Crippen LogP contribution in [0.5, 0.6) is 0 Å². The summed E-state index contributed by atoms with van der Waals surface area (Å²) in [6, 6.07) is 1.80. The molecule has 3 N–H and O–H groups in total. The van der Waals surface area contributed by atoms with Crippen molar-refractivity contribution in [1.29, 1.82) is 0 Å². The van der Waals surface area contributed by atoms with Crippen LogP contribution in [-0.4, -0.2) is 34.4 Å². The standard InChI is InChI=1S/C15H27N3O2/c1-14(2,3)12-9-11(17-18-12)13(20)16-8-6-7-15(4,5)10-19/h9,19H,6-8,10H2,1-5H3,(H,16,20)(H,17,18). The minimum atomic E-state index is -0.154. The van der Waals surface area contributed by atoms with E-state index in [0.717, 1.165) is 18.5 Å². The van der Waals surface area contributed by atoms with E-state index >= 15 is 0 Å². The molecule has 0 saturated heterocycles. The van der Waals surface area contributed by atoms with Crippen LogP contribution in [0.15, 0.2) is 6.07 Å². The van der Waals surface area contributed by atoms with Crippen LogP contribution >= 0.6 is 0 Å². The molecule has 0 spiro atoms. The summed E-state index contributed by atoms with van der Waals surface area (Å²) in [5, 5.41) is 19.0. The van der Waals surface area contributed by atoms with Crippen molar-refractivity contribution in [3.05, 3.63) is 17.5 Å². The number of carbonyl (C=O) groups excluding carboxylic acids is 1. The summed E-state index contributed by atoms with van der Waals surface area (Å²) < 4.78 is 0. The van der Waals surface area contributed by atoms with E-state index in [9.17, 15) is 4.79 Å². The van der Waals surface area contributed by atoms with Gasteiger partial charge < -0.3 is 10.4 Å². The topological polar surface area (TPSA) is 78.0 Å². The fourth-order valence-corrected chi connectivity index (χ4v) is 1.76. The van der Waals surface area contributed by atoms with Gasteiger partial charge in [-0.2, -0.15) is 5.10 Å². The first-order valence-corrected chi connectivity index (χ1v) is 7.11. The van der Waals surface area contributed by atoms with E-state index in [1.807, 2.05) is 13.8 Å². The van der Waals surface area contributed by atoms with Crippen LogP contribution in [0, 0.1) is 5.41 Å². The Bertz CT molecular complexity index is 444. The van der Waals surface area contributed by atoms with Gasteiger partial charge in [-0.05, 0) is 24.3 Å². The van der Waals surface area contributed by atoms with Crippen molar-refractivity contribution in [2.75, 3.05) is 13.2 Å². The maximum Gasteiger partial charge on any atom is 0.271 e. The third-order valence-corrected chi connectivity index (χ3v) is 3.36. The molecule has 1 heterocycles. The quantitative estimate of drug-likeness (QED) is 0.700. The Labute approximate surface area is 121 Å². The number of hydrogen-bond acceptors (Lipinski definition) is 3. The number of hydrogen-bond donors (Lipinski definition) is 3. The monoisotopic (exact) mass is 281 g/mol. The molecule has 0 atom stereocenters. The molecule has 114 valence electrons. The van der Waals surface area contributed by atoms with E-state index in [4.69, 9.17) is 5.11 Å². The summed E-state index contributed by atoms with van der Waals surface area (Å²) in [5.74, 6) is -0.154. The van der Waals surface area contributed by atoms with Gasteiger partial charge in [0.1, 0.15) is 5.69 Å². The second-order valence-corrected chi connectivity index (χ2v) is 7.10. The number of nitrogens with one attached hydrogen (secondary N) is 2. The molecule has 5 nitrogen and oxygen atoms in total. The molecule has 0 radical (unpaired) electrons. The Hall–Kier alpha value is -1.36. The van der Waals surface area contributed by atoms with Crippen LogP contribution in [0.3, 0.4) is 0 Å². The van der Waals surface area contributed by atoms with Crippen LogP contribution in [0.4, 0.5) is 0 Å². The number of nitrogens with zero attached hydrogens (tertiary/aromatic N) is 1. The molecule has 0 aliphatic heterocycles. The van der Waals surface area contributed by atoms with Gasteiger partial charge in [-0.3, -0.25) is 9.89 Å². The molecule has 0 aliphatic carbocycles. The average Bonchev–Trinajstić information content (AvgIpc) is 2.84. The van der Waals surface area contributed by atoms with E-state index in [-0.39, 0.29) is 23.3 Å². The minimum Gasteiger partial charge on any atom is -0.396 e. The zero-order chi connectivity index (χ0) is 15.4. The SMILES string of the molecule is CC(C)(CO)CCCNC(=O)c1cc(C(C)(C)C)[nH]n1. The van der Waals surface area contributed by atoms with Crippen molar-refractivity contribution in [2.24, 2.45) is 5.41 Å². The second-order valence-electron chi connectivity index (χ2n) is 7.10. The number of carbonyl (C=O) groups is 1. The molecule has 0 fully saturated rings. The molecule has 0 saturated carbocycles. The highest BCUT2D eigenvalue weighted by Gasteiger charge is 2.19. The van der Waals surface area contributed by atoms with E-state index < -0.39 is 0 Å². The van der Waals surface area contributed by atoms with Gasteiger partial charge in [-0.15, -0.1) is 0 Å². The van der Waals surface area contributed by atoms with Gasteiger partial charge in [0, 0.05) is 24.3 Å². The first-order valence-electron chi connectivity index (χ1n) is 7.11. The Morgan fingerprint density at radius 1 is 1.35 bits per heavy atom. The molecule has 5 heteroatoms. The highest BCUT2D eigenvalue weighted by Crippen LogP contribution is 2.21. The molecule has 0 bridgehead atoms. The van der Waals surface area contributed by atoms with E-state index in [1.165, 1.54) is 0 Å². The number of rotatable bonds is 6. The molecule has 1 aromatic rings. The van der Waals surface area contributed by atoms with Crippen molar-refractivity contribution < 1.29 is 9.90 Å². The van der Waals surface area contributed by atoms with Gasteiger partial charge in [0.25, 0.3) is 5.91 Å². The Balaban J connectivity index is 2.42. The lowest BCUT2D eigenvalue weighted by Crippen LogP contribution is -2.26. The number of amides is 1. The molecular formula is C15H27N3O2. The molecular weight excluding hydrogens is 254 g/mol. The van der Waals surface area contributed by atoms with Gasteiger partial charge in [-0.25, -0.2) is 0 Å². The maximum absolute atomic E-state index is 11.9. The zero-order valence-corrected chi connectivity index (χ0v) is 13.2. The van der Waals surface area contributed by atoms with Gasteiger partial charge in [-0.1, -0.05) is 34.6 Å². The highest BCUT2D eigenvalue weighted by molar-refractivity contribution is 5.92. The van der Waals surface area contributed by atoms with Crippen LogP contribution in [0.2, 0.25) is 0 Å². The Morgan fingerprint density at radius 2 is 2.00 bits per heavy atom. The predicted molar refractivity (Wildman–Crippen MR) is 79.7 cm³/mol. The lowest BCUT2D eigenvalue weighted by Gasteiger charge is -2.21. The van der Waals surface area contributed by atoms with Gasteiger partial charge in [0.2, 0.25) is 0 Å². The third kappa shape index (κ3) is 4.96. The molecule has 0 aliphatic rings. The lowest BCUT2D eigenvalue weighted by molar-refractivity contribution is 0.0943. The molecule has 20 heavy (non-hydrogen) atoms. The summed E-state index contributed by atoms with van der Waals surface area (Å²) in [7, 11) is 0. The average molecular weight is 281 g/mol. The number of aliphatic hydroxyl groups is 1. The van der Waals surface area contributed by atoms with Crippen molar-refractivity contribution in [3.8, 4) is 0 Å². The molecule has 1 aromatic heterocycles. The van der Waals surface area contributed by atoms with E-state index in [1.54, 1.807) is 6.07 Å². The van der Waals surface area contributed by atoms with Crippen molar-refractivity contribution in [3.63, 3.8) is 0 Å². The van der Waals surface area contributed by atoms with Crippen LogP contribution in [0.1, 0.15) is 63.6 Å². The minimum absolute atomic E-state index is 0.0450. The van der Waals surface area contributed by atoms with Gasteiger partial charge in [0.05, 0.1) is 0 Å². The van der Waals surface area contributed by atoms with Crippen molar-refractivity contribution in [1.82, 2.24) is 15.5 Å². The van der Waals surface area contributed by atoms with Gasteiger partial charge in [0.15, 0.2) is 0 Å². The first-order chi connectivity index (χ1) is 9.15. The Morgan fingerprint density at radius 3 is 2.50 bits per heavy atom. The smallest absolute Gasteiger partial charge is 0.271 e. The lowest BCUT2D eigenvalue weighted by atomic mass is 9.89. The van der Waals surface area contributed by atoms with E-state index in [2.05, 4.69) is 36.3 Å². The predicted octanol–water partition coefficient (Wildman–Crippen LogP) is 2.24. The van der Waals surface area contributed by atoms with Crippen LogP contribution < -0.4 is 5.32 Å². The summed E-state index contributed by atoms with van der Waals surface area (Å²) in [4.78, 5) is 11.9. The van der Waals surface area contributed by atoms with E-state index in [0.29, 0.717) is 12.2 Å². The highest BCUT2D eigenvalue weighted by atomic mass is 16.3. The molecule has 1 rings (SSSR count). The summed E-state index contributed by atoms with van der Waals surface area (Å²) in [6.07, 6.45) is 1.72. The fourth-order valence-electron chi connectivity index (χ4n) is 1.76. The molecule has 1 amide bonds. The summed E-state index contributed by atoms with van der Waals surface area (Å²) in [5.41, 5.74) is 1.24. The van der Waals surface area contributed by atoms with Crippen LogP contribution in [-0.2, 0) is 5.41 Å². The number of H-pyrrole nitrogens is 1. The fraction of sp³-hybridized carbons (Fsp3) is 0.733. The zero-order valence-electron chi connectivity index (χ0n) is 13.2. The largest absolute Gasteiger partial charge is 0.396 e. The number of aliphatic hydroxyl groups excluding tert-OH is 1. The second kappa shape index (κ2) is 6.39. The third-order valence-electron chi connectivity index (χ3n) is 3.36. The number of aromatic amines is 1. The normalized spacial score (nSPS) is 12.5.